The number of hydrogen-bond acceptors (Lipinski definition) is 8. The van der Waals surface area contributed by atoms with E-state index in [1.165, 1.54) is 4.90 Å². The predicted molar refractivity (Wildman–Crippen MR) is 249 cm³/mol. The number of carbonyl (C=O) groups is 4. The lowest BCUT2D eigenvalue weighted by atomic mass is 9.94. The summed E-state index contributed by atoms with van der Waals surface area (Å²) < 4.78 is 40.4. The smallest absolute Gasteiger partial charge is 0.408 e. The minimum Gasteiger partial charge on any atom is -0.447 e. The Kier molecular flexibility index (Phi) is 13.5. The normalized spacial score (nSPS) is 19.3. The largest absolute Gasteiger partial charge is 0.447 e. The summed E-state index contributed by atoms with van der Waals surface area (Å²) in [5.74, 6) is -3.12. The highest BCUT2D eigenvalue weighted by molar-refractivity contribution is 6.78. The third-order valence-corrected chi connectivity index (χ3v) is 14.9. The van der Waals surface area contributed by atoms with Crippen molar-refractivity contribution in [2.24, 2.45) is 11.8 Å². The number of aromatic nitrogens is 4. The highest BCUT2D eigenvalue weighted by Crippen LogP contribution is 2.41. The Bertz CT molecular complexity index is 2560. The number of fused-ring (bicyclic) bond motifs is 3. The third kappa shape index (κ3) is 10.5. The Morgan fingerprint density at radius 1 is 0.754 bits per heavy atom. The van der Waals surface area contributed by atoms with Crippen molar-refractivity contribution >= 4 is 53.9 Å². The molecule has 17 heteroatoms. The molecular formula is C48H62F2N8O6Si. The van der Waals surface area contributed by atoms with Gasteiger partial charge in [-0.1, -0.05) is 83.3 Å². The molecule has 4 atom stereocenters. The van der Waals surface area contributed by atoms with Crippen molar-refractivity contribution in [3.63, 3.8) is 0 Å². The number of rotatable bonds is 12. The van der Waals surface area contributed by atoms with Crippen LogP contribution in [0.1, 0.15) is 92.0 Å². The number of benzene rings is 3. The van der Waals surface area contributed by atoms with Crippen molar-refractivity contribution in [1.82, 2.24) is 40.4 Å². The minimum absolute atomic E-state index is 0.138. The molecule has 0 unspecified atom stereocenters. The lowest BCUT2D eigenvalue weighted by Gasteiger charge is -2.40. The first-order valence-corrected chi connectivity index (χ1v) is 26.0. The number of aromatic amines is 2. The Balaban J connectivity index is 1.10. The van der Waals surface area contributed by atoms with Gasteiger partial charge in [0, 0.05) is 30.9 Å². The number of ether oxygens (including phenoxy) is 2. The van der Waals surface area contributed by atoms with Crippen LogP contribution in [-0.4, -0.2) is 105 Å². The van der Waals surface area contributed by atoms with Crippen LogP contribution in [0, 0.1) is 11.8 Å². The second kappa shape index (κ2) is 18.6. The molecule has 2 saturated heterocycles. The van der Waals surface area contributed by atoms with Crippen LogP contribution < -0.4 is 10.6 Å². The standard InChI is InChI=1S/C48H62F2N8O6Si/c1-26(2)39(55-46(61)63-28(5)6)44(59)57-20-19-48(49,50)22-37(57)42-51-23-36(53-42)31-13-11-30(12-14-31)32-15-17-34-33(21-32)16-18-35-41(34)54-43(52-35)38-24-65(9,10)25-58(38)45(60)40(27(3)4)56-47(62)64-29(7)8/h11-18,21,23,26-29,37-40H,19-20,22,24-25H2,1-10H3,(H,51,53)(H,52,54)(H,55,61)(H,56,62)/t37-,38-,39-,40-/m0/s1. The molecule has 0 saturated carbocycles. The third-order valence-electron chi connectivity index (χ3n) is 12.2. The number of imidazole rings is 2. The fourth-order valence-electron chi connectivity index (χ4n) is 8.98. The molecule has 348 valence electrons. The number of hydrogen-bond donors (Lipinski definition) is 4. The number of alkyl halides is 2. The first-order valence-electron chi connectivity index (χ1n) is 22.6. The van der Waals surface area contributed by atoms with Gasteiger partial charge in [-0.05, 0) is 79.8 Å². The molecule has 2 aromatic heterocycles. The molecule has 0 radical (unpaired) electrons. The van der Waals surface area contributed by atoms with Gasteiger partial charge in [0.05, 0.1) is 55.3 Å². The van der Waals surface area contributed by atoms with Crippen LogP contribution in [0.2, 0.25) is 19.1 Å². The van der Waals surface area contributed by atoms with Gasteiger partial charge in [-0.25, -0.2) is 28.3 Å². The SMILES string of the molecule is CC(C)OC(=O)N[C@H](C(=O)N1CCC(F)(F)C[C@H]1c1ncc(-c2ccc(-c3ccc4c(ccc5nc([C@@H]6C[Si](C)(C)CN6C(=O)[C@@H](NC(=O)OC(C)C)C(C)C)[nH]c54)c3)cc2)[nH]1)C(C)C. The Hall–Kier alpha value is -5.84. The van der Waals surface area contributed by atoms with Crippen LogP contribution in [0.25, 0.3) is 44.2 Å². The molecule has 0 bridgehead atoms. The maximum absolute atomic E-state index is 14.9. The molecule has 2 aliphatic rings. The van der Waals surface area contributed by atoms with E-state index in [9.17, 15) is 28.0 Å². The van der Waals surface area contributed by atoms with E-state index in [1.54, 1.807) is 47.7 Å². The number of nitrogens with zero attached hydrogens (tertiary/aromatic N) is 4. The zero-order valence-corrected chi connectivity index (χ0v) is 39.9. The fraction of sp³-hybridized carbons (Fsp3) is 0.500. The van der Waals surface area contributed by atoms with Gasteiger partial charge in [-0.2, -0.15) is 0 Å². The van der Waals surface area contributed by atoms with Crippen molar-refractivity contribution in [3.8, 4) is 22.4 Å². The Labute approximate surface area is 379 Å². The summed E-state index contributed by atoms with van der Waals surface area (Å²) in [5, 5.41) is 7.45. The highest BCUT2D eigenvalue weighted by atomic mass is 28.3. The summed E-state index contributed by atoms with van der Waals surface area (Å²) in [4.78, 5) is 72.8. The summed E-state index contributed by atoms with van der Waals surface area (Å²) in [7, 11) is -1.83. The van der Waals surface area contributed by atoms with Crippen LogP contribution in [0.3, 0.4) is 0 Å². The van der Waals surface area contributed by atoms with Gasteiger partial charge in [-0.15, -0.1) is 0 Å². The number of likely N-dealkylation sites (tertiary alicyclic amines) is 1. The van der Waals surface area contributed by atoms with Crippen LogP contribution in [0.4, 0.5) is 18.4 Å². The maximum atomic E-state index is 14.9. The average molecular weight is 913 g/mol. The van der Waals surface area contributed by atoms with Gasteiger partial charge < -0.3 is 39.9 Å². The molecule has 7 rings (SSSR count). The van der Waals surface area contributed by atoms with E-state index in [0.29, 0.717) is 11.9 Å². The van der Waals surface area contributed by atoms with E-state index in [-0.39, 0.29) is 42.3 Å². The van der Waals surface area contributed by atoms with Crippen molar-refractivity contribution in [2.75, 3.05) is 12.7 Å². The van der Waals surface area contributed by atoms with Crippen molar-refractivity contribution in [1.29, 1.82) is 0 Å². The number of piperidine rings is 1. The first-order chi connectivity index (χ1) is 30.6. The number of carbonyl (C=O) groups excluding carboxylic acids is 4. The molecule has 0 spiro atoms. The second-order valence-corrected chi connectivity index (χ2v) is 24.7. The molecule has 2 aliphatic heterocycles. The summed E-state index contributed by atoms with van der Waals surface area (Å²) in [6.45, 7) is 18.7. The quantitative estimate of drug-likeness (QED) is 0.0896. The van der Waals surface area contributed by atoms with Crippen LogP contribution in [0.15, 0.2) is 60.8 Å². The lowest BCUT2D eigenvalue weighted by molar-refractivity contribution is -0.147. The Morgan fingerprint density at radius 3 is 1.94 bits per heavy atom. The van der Waals surface area contributed by atoms with Gasteiger partial charge >= 0.3 is 12.2 Å². The summed E-state index contributed by atoms with van der Waals surface area (Å²) in [6.07, 6.45) is -0.912. The molecular weight excluding hydrogens is 851 g/mol. The van der Waals surface area contributed by atoms with E-state index < -0.39 is 69.2 Å². The Morgan fingerprint density at radius 2 is 1.34 bits per heavy atom. The molecule has 3 aromatic carbocycles. The molecule has 4 amide bonds. The van der Waals surface area contributed by atoms with Crippen molar-refractivity contribution < 1.29 is 37.4 Å². The van der Waals surface area contributed by atoms with Crippen LogP contribution in [0.5, 0.6) is 0 Å². The summed E-state index contributed by atoms with van der Waals surface area (Å²) in [5.41, 5.74) is 5.03. The second-order valence-electron chi connectivity index (χ2n) is 19.6. The molecule has 0 aliphatic carbocycles. The molecule has 2 fully saturated rings. The maximum Gasteiger partial charge on any atom is 0.408 e. The van der Waals surface area contributed by atoms with Gasteiger partial charge in [0.1, 0.15) is 23.7 Å². The van der Waals surface area contributed by atoms with E-state index in [2.05, 4.69) is 56.9 Å². The minimum atomic E-state index is -3.00. The summed E-state index contributed by atoms with van der Waals surface area (Å²) >= 11 is 0. The van der Waals surface area contributed by atoms with Gasteiger partial charge in [0.15, 0.2) is 0 Å². The zero-order chi connectivity index (χ0) is 47.1. The van der Waals surface area contributed by atoms with Crippen LogP contribution >= 0.6 is 0 Å². The van der Waals surface area contributed by atoms with Gasteiger partial charge in [-0.3, -0.25) is 9.59 Å². The number of nitrogens with one attached hydrogen (secondary N) is 4. The molecule has 5 aromatic rings. The van der Waals surface area contributed by atoms with Gasteiger partial charge in [0.25, 0.3) is 5.92 Å². The monoisotopic (exact) mass is 912 g/mol. The van der Waals surface area contributed by atoms with E-state index in [4.69, 9.17) is 14.5 Å². The van der Waals surface area contributed by atoms with Gasteiger partial charge in [0.2, 0.25) is 11.8 Å². The molecule has 4 heterocycles. The fourth-order valence-corrected chi connectivity index (χ4v) is 11.9. The van der Waals surface area contributed by atoms with Crippen molar-refractivity contribution in [2.45, 2.75) is 130 Å². The molecule has 65 heavy (non-hydrogen) atoms. The first kappa shape index (κ1) is 47.1. The zero-order valence-electron chi connectivity index (χ0n) is 38.9. The topological polar surface area (TPSA) is 175 Å². The molecule has 4 N–H and O–H groups in total. The van der Waals surface area contributed by atoms with E-state index in [1.807, 2.05) is 55.1 Å². The lowest BCUT2D eigenvalue weighted by Crippen LogP contribution is -2.55. The van der Waals surface area contributed by atoms with Crippen molar-refractivity contribution in [3.05, 3.63) is 72.4 Å². The number of H-pyrrole nitrogens is 2. The predicted octanol–water partition coefficient (Wildman–Crippen LogP) is 9.52. The number of alkyl carbamates (subject to hydrolysis) is 2. The number of amides is 4. The van der Waals surface area contributed by atoms with E-state index in [0.717, 1.165) is 50.4 Å². The highest BCUT2D eigenvalue weighted by Gasteiger charge is 2.47. The van der Waals surface area contributed by atoms with Crippen LogP contribution in [-0.2, 0) is 19.1 Å². The summed E-state index contributed by atoms with van der Waals surface area (Å²) in [6, 6.07) is 16.0. The number of halogens is 2. The van der Waals surface area contributed by atoms with E-state index >= 15 is 0 Å². The molecule has 14 nitrogen and oxygen atoms in total. The average Bonchev–Trinajstić information content (AvgIpc) is 3.98.